The van der Waals surface area contributed by atoms with Crippen molar-refractivity contribution in [3.05, 3.63) is 59.7 Å². The maximum absolute atomic E-state index is 12.9. The summed E-state index contributed by atoms with van der Waals surface area (Å²) < 4.78 is 4.66. The van der Waals surface area contributed by atoms with Crippen LogP contribution < -0.4 is 15.5 Å². The summed E-state index contributed by atoms with van der Waals surface area (Å²) in [6.07, 6.45) is 1.78. The number of carbonyl (C=O) groups is 2. The van der Waals surface area contributed by atoms with Crippen molar-refractivity contribution in [2.75, 3.05) is 36.5 Å². The number of esters is 1. The number of amides is 2. The molecule has 0 spiro atoms. The topological polar surface area (TPSA) is 75.9 Å². The SMILES string of the molecule is COC(=O)CCc1ccc(N2CCN(c3cccc(CCN)c3)C2=O)cc1. The van der Waals surface area contributed by atoms with Gasteiger partial charge in [-0.15, -0.1) is 0 Å². The zero-order valence-electron chi connectivity index (χ0n) is 15.6. The Morgan fingerprint density at radius 1 is 1.00 bits per heavy atom. The number of hydrogen-bond acceptors (Lipinski definition) is 4. The largest absolute Gasteiger partial charge is 0.469 e. The van der Waals surface area contributed by atoms with Crippen molar-refractivity contribution in [1.82, 2.24) is 0 Å². The molecule has 0 bridgehead atoms. The van der Waals surface area contributed by atoms with Crippen molar-refractivity contribution in [3.8, 4) is 0 Å². The molecule has 0 aliphatic carbocycles. The molecule has 6 nitrogen and oxygen atoms in total. The van der Waals surface area contributed by atoms with Gasteiger partial charge in [-0.1, -0.05) is 24.3 Å². The van der Waals surface area contributed by atoms with Gasteiger partial charge in [-0.25, -0.2) is 4.79 Å². The third-order valence-corrected chi connectivity index (χ3v) is 4.76. The molecule has 3 rings (SSSR count). The zero-order chi connectivity index (χ0) is 19.2. The molecule has 2 amide bonds. The number of ether oxygens (including phenoxy) is 1. The second-order valence-corrected chi connectivity index (χ2v) is 6.54. The van der Waals surface area contributed by atoms with Crippen LogP contribution in [0, 0.1) is 0 Å². The van der Waals surface area contributed by atoms with Gasteiger partial charge in [0.25, 0.3) is 0 Å². The molecule has 0 radical (unpaired) electrons. The number of hydrogen-bond donors (Lipinski definition) is 1. The van der Waals surface area contributed by atoms with E-state index in [1.807, 2.05) is 48.5 Å². The van der Waals surface area contributed by atoms with Crippen molar-refractivity contribution in [1.29, 1.82) is 0 Å². The van der Waals surface area contributed by atoms with Crippen LogP contribution >= 0.6 is 0 Å². The summed E-state index contributed by atoms with van der Waals surface area (Å²) in [5.41, 5.74) is 9.58. The summed E-state index contributed by atoms with van der Waals surface area (Å²) in [5, 5.41) is 0. The third-order valence-electron chi connectivity index (χ3n) is 4.76. The quantitative estimate of drug-likeness (QED) is 0.764. The van der Waals surface area contributed by atoms with Crippen LogP contribution in [0.25, 0.3) is 0 Å². The first-order valence-electron chi connectivity index (χ1n) is 9.16. The fourth-order valence-electron chi connectivity index (χ4n) is 3.25. The van der Waals surface area contributed by atoms with Crippen molar-refractivity contribution in [2.24, 2.45) is 5.73 Å². The molecule has 142 valence electrons. The Hall–Kier alpha value is -2.86. The maximum atomic E-state index is 12.9. The van der Waals surface area contributed by atoms with Crippen LogP contribution in [0.15, 0.2) is 48.5 Å². The number of benzene rings is 2. The molecule has 27 heavy (non-hydrogen) atoms. The Bertz CT molecular complexity index is 805. The van der Waals surface area contributed by atoms with Crippen LogP contribution in [0.2, 0.25) is 0 Å². The van der Waals surface area contributed by atoms with Crippen LogP contribution in [-0.4, -0.2) is 38.7 Å². The molecule has 0 unspecified atom stereocenters. The highest BCUT2D eigenvalue weighted by Crippen LogP contribution is 2.26. The van der Waals surface area contributed by atoms with Crippen LogP contribution in [0.5, 0.6) is 0 Å². The Morgan fingerprint density at radius 2 is 1.70 bits per heavy atom. The molecule has 2 N–H and O–H groups in total. The second-order valence-electron chi connectivity index (χ2n) is 6.54. The molecular formula is C21H25N3O3. The first-order chi connectivity index (χ1) is 13.1. The summed E-state index contributed by atoms with van der Waals surface area (Å²) >= 11 is 0. The van der Waals surface area contributed by atoms with Crippen LogP contribution in [0.4, 0.5) is 16.2 Å². The van der Waals surface area contributed by atoms with E-state index in [9.17, 15) is 9.59 Å². The van der Waals surface area contributed by atoms with E-state index in [1.165, 1.54) is 7.11 Å². The van der Waals surface area contributed by atoms with Gasteiger partial charge in [0.05, 0.1) is 7.11 Å². The molecule has 0 saturated carbocycles. The van der Waals surface area contributed by atoms with Gasteiger partial charge in [-0.05, 0) is 54.8 Å². The summed E-state index contributed by atoms with van der Waals surface area (Å²) in [6, 6.07) is 15.7. The van der Waals surface area contributed by atoms with Gasteiger partial charge in [-0.3, -0.25) is 14.6 Å². The number of nitrogens with zero attached hydrogens (tertiary/aromatic N) is 2. The zero-order valence-corrected chi connectivity index (χ0v) is 15.6. The smallest absolute Gasteiger partial charge is 0.329 e. The first-order valence-corrected chi connectivity index (χ1v) is 9.16. The molecule has 1 fully saturated rings. The summed E-state index contributed by atoms with van der Waals surface area (Å²) in [7, 11) is 1.39. The summed E-state index contributed by atoms with van der Waals surface area (Å²) in [5.74, 6) is -0.221. The van der Waals surface area contributed by atoms with E-state index in [0.717, 1.165) is 28.9 Å². The minimum Gasteiger partial charge on any atom is -0.469 e. The molecule has 0 atom stereocenters. The number of anilines is 2. The lowest BCUT2D eigenvalue weighted by Crippen LogP contribution is -2.31. The number of methoxy groups -OCH3 is 1. The number of aryl methyl sites for hydroxylation is 1. The number of urea groups is 1. The van der Waals surface area contributed by atoms with Gasteiger partial charge in [0, 0.05) is 30.9 Å². The molecule has 6 heteroatoms. The molecule has 1 heterocycles. The van der Waals surface area contributed by atoms with Crippen molar-refractivity contribution in [2.45, 2.75) is 19.3 Å². The average molecular weight is 367 g/mol. The van der Waals surface area contributed by atoms with Gasteiger partial charge in [0.2, 0.25) is 0 Å². The Labute approximate surface area is 159 Å². The van der Waals surface area contributed by atoms with E-state index >= 15 is 0 Å². The Kier molecular flexibility index (Phi) is 6.08. The highest BCUT2D eigenvalue weighted by atomic mass is 16.5. The average Bonchev–Trinajstić information content (AvgIpc) is 3.08. The van der Waals surface area contributed by atoms with Gasteiger partial charge in [0.15, 0.2) is 0 Å². The normalized spacial score (nSPS) is 13.9. The lowest BCUT2D eigenvalue weighted by atomic mass is 10.1. The van der Waals surface area contributed by atoms with Crippen LogP contribution in [-0.2, 0) is 22.4 Å². The Morgan fingerprint density at radius 3 is 2.37 bits per heavy atom. The second kappa shape index (κ2) is 8.68. The third kappa shape index (κ3) is 4.46. The van der Waals surface area contributed by atoms with E-state index in [-0.39, 0.29) is 12.0 Å². The monoisotopic (exact) mass is 367 g/mol. The van der Waals surface area contributed by atoms with Crippen molar-refractivity contribution in [3.63, 3.8) is 0 Å². The molecule has 2 aromatic rings. The molecular weight excluding hydrogens is 342 g/mol. The van der Waals surface area contributed by atoms with Gasteiger partial charge in [-0.2, -0.15) is 0 Å². The van der Waals surface area contributed by atoms with Crippen LogP contribution in [0.3, 0.4) is 0 Å². The minimum atomic E-state index is -0.221. The van der Waals surface area contributed by atoms with Gasteiger partial charge in [0.1, 0.15) is 0 Å². The number of nitrogens with two attached hydrogens (primary N) is 1. The lowest BCUT2D eigenvalue weighted by Gasteiger charge is -2.19. The highest BCUT2D eigenvalue weighted by Gasteiger charge is 2.30. The minimum absolute atomic E-state index is 0.0257. The molecule has 1 aliphatic heterocycles. The lowest BCUT2D eigenvalue weighted by molar-refractivity contribution is -0.140. The highest BCUT2D eigenvalue weighted by molar-refractivity contribution is 6.06. The fourth-order valence-corrected chi connectivity index (χ4v) is 3.25. The number of rotatable bonds is 7. The summed E-state index contributed by atoms with van der Waals surface area (Å²) in [6.45, 7) is 1.88. The molecule has 1 saturated heterocycles. The van der Waals surface area contributed by atoms with Crippen molar-refractivity contribution < 1.29 is 14.3 Å². The summed E-state index contributed by atoms with van der Waals surface area (Å²) in [4.78, 5) is 27.7. The fraction of sp³-hybridized carbons (Fsp3) is 0.333. The van der Waals surface area contributed by atoms with E-state index in [1.54, 1.807) is 9.80 Å². The number of carbonyl (C=O) groups excluding carboxylic acids is 2. The predicted molar refractivity (Wildman–Crippen MR) is 106 cm³/mol. The van der Waals surface area contributed by atoms with Gasteiger partial charge < -0.3 is 10.5 Å². The van der Waals surface area contributed by atoms with Crippen LogP contribution in [0.1, 0.15) is 17.5 Å². The van der Waals surface area contributed by atoms with E-state index in [4.69, 9.17) is 5.73 Å². The van der Waals surface area contributed by atoms with Crippen molar-refractivity contribution >= 4 is 23.4 Å². The maximum Gasteiger partial charge on any atom is 0.329 e. The van der Waals surface area contributed by atoms with E-state index in [0.29, 0.717) is 32.5 Å². The molecule has 1 aliphatic rings. The van der Waals surface area contributed by atoms with E-state index < -0.39 is 0 Å². The predicted octanol–water partition coefficient (Wildman–Crippen LogP) is 2.74. The molecule has 0 aromatic heterocycles. The standard InChI is InChI=1S/C21H25N3O3/c1-27-20(25)10-7-16-5-8-18(9-6-16)23-13-14-24(21(23)26)19-4-2-3-17(15-19)11-12-22/h2-6,8-9,15H,7,10-14,22H2,1H3. The first kappa shape index (κ1) is 18.9. The van der Waals surface area contributed by atoms with E-state index in [2.05, 4.69) is 4.74 Å². The Balaban J connectivity index is 1.68. The van der Waals surface area contributed by atoms with Gasteiger partial charge >= 0.3 is 12.0 Å². The molecule has 2 aromatic carbocycles.